The van der Waals surface area contributed by atoms with Gasteiger partial charge < -0.3 is 15.4 Å². The van der Waals surface area contributed by atoms with Crippen molar-refractivity contribution in [3.05, 3.63) is 59.1 Å². The van der Waals surface area contributed by atoms with E-state index in [1.165, 1.54) is 5.56 Å². The van der Waals surface area contributed by atoms with Gasteiger partial charge >= 0.3 is 0 Å². The summed E-state index contributed by atoms with van der Waals surface area (Å²) in [6.45, 7) is 3.51. The van der Waals surface area contributed by atoms with Crippen LogP contribution in [0.25, 0.3) is 0 Å². The molecule has 0 fully saturated rings. The van der Waals surface area contributed by atoms with E-state index < -0.39 is 0 Å². The number of nitrogens with one attached hydrogen (secondary N) is 2. The summed E-state index contributed by atoms with van der Waals surface area (Å²) in [6, 6.07) is 15.7. The van der Waals surface area contributed by atoms with Crippen LogP contribution in [0.4, 0.5) is 5.69 Å². The summed E-state index contributed by atoms with van der Waals surface area (Å²) in [4.78, 5) is 0. The van der Waals surface area contributed by atoms with E-state index in [-0.39, 0.29) is 0 Å². The van der Waals surface area contributed by atoms with Crippen molar-refractivity contribution < 1.29 is 4.74 Å². The molecule has 0 radical (unpaired) electrons. The molecule has 2 aromatic rings. The Balaban J connectivity index is 1.66. The number of hydrogen-bond donors (Lipinski definition) is 2. The van der Waals surface area contributed by atoms with E-state index in [0.717, 1.165) is 30.8 Å². The maximum absolute atomic E-state index is 5.85. The summed E-state index contributed by atoms with van der Waals surface area (Å²) in [6.07, 6.45) is 2.01. The number of hydrogen-bond acceptors (Lipinski definition) is 2. The third kappa shape index (κ3) is 6.47. The second kappa shape index (κ2) is 9.38. The molecule has 122 valence electrons. The minimum Gasteiger partial charge on any atom is -0.494 e. The molecule has 23 heavy (non-hydrogen) atoms. The molecule has 0 spiro atoms. The smallest absolute Gasteiger partial charge is 0.170 e. The molecule has 0 aliphatic carbocycles. The number of anilines is 1. The molecule has 3 nitrogen and oxygen atoms in total. The summed E-state index contributed by atoms with van der Waals surface area (Å²) in [7, 11) is 0. The zero-order chi connectivity index (χ0) is 16.5. The van der Waals surface area contributed by atoms with Crippen molar-refractivity contribution in [1.29, 1.82) is 0 Å². The average Bonchev–Trinajstić information content (AvgIpc) is 2.55. The zero-order valence-corrected chi connectivity index (χ0v) is 14.7. The number of benzene rings is 2. The number of halogens is 1. The van der Waals surface area contributed by atoms with Crippen molar-refractivity contribution >= 4 is 34.6 Å². The van der Waals surface area contributed by atoms with Gasteiger partial charge in [-0.05, 0) is 73.9 Å². The van der Waals surface area contributed by atoms with Crippen LogP contribution in [-0.4, -0.2) is 18.3 Å². The van der Waals surface area contributed by atoms with Crippen LogP contribution in [0.2, 0.25) is 5.02 Å². The van der Waals surface area contributed by atoms with Crippen molar-refractivity contribution in [2.45, 2.75) is 19.8 Å². The number of thiocarbonyl (C=S) groups is 1. The van der Waals surface area contributed by atoms with Gasteiger partial charge in [0.25, 0.3) is 0 Å². The highest BCUT2D eigenvalue weighted by molar-refractivity contribution is 7.80. The lowest BCUT2D eigenvalue weighted by Crippen LogP contribution is -2.29. The van der Waals surface area contributed by atoms with Crippen LogP contribution in [0, 0.1) is 0 Å². The Bertz CT molecular complexity index is 614. The fourth-order valence-electron chi connectivity index (χ4n) is 2.12. The largest absolute Gasteiger partial charge is 0.494 e. The molecule has 0 saturated carbocycles. The molecule has 5 heteroatoms. The lowest BCUT2D eigenvalue weighted by atomic mass is 10.1. The topological polar surface area (TPSA) is 33.3 Å². The van der Waals surface area contributed by atoms with Crippen molar-refractivity contribution in [2.75, 3.05) is 18.5 Å². The highest BCUT2D eigenvalue weighted by atomic mass is 35.5. The van der Waals surface area contributed by atoms with Gasteiger partial charge in [-0.3, -0.25) is 0 Å². The predicted octanol–water partition coefficient (Wildman–Crippen LogP) is 4.66. The van der Waals surface area contributed by atoms with Crippen molar-refractivity contribution in [2.24, 2.45) is 0 Å². The van der Waals surface area contributed by atoms with Crippen LogP contribution in [0.15, 0.2) is 48.5 Å². The van der Waals surface area contributed by atoms with Crippen LogP contribution in [-0.2, 0) is 6.42 Å². The summed E-state index contributed by atoms with van der Waals surface area (Å²) in [5, 5.41) is 7.68. The van der Waals surface area contributed by atoms with Gasteiger partial charge in [0.15, 0.2) is 5.11 Å². The molecule has 2 rings (SSSR count). The summed E-state index contributed by atoms with van der Waals surface area (Å²) < 4.78 is 5.44. The zero-order valence-electron chi connectivity index (χ0n) is 13.1. The first-order chi connectivity index (χ1) is 11.2. The van der Waals surface area contributed by atoms with Gasteiger partial charge in [0.05, 0.1) is 6.61 Å². The summed E-state index contributed by atoms with van der Waals surface area (Å²) in [5.74, 6) is 0.919. The fourth-order valence-corrected chi connectivity index (χ4v) is 2.47. The normalized spacial score (nSPS) is 10.2. The molecule has 2 aromatic carbocycles. The maximum Gasteiger partial charge on any atom is 0.170 e. The molecule has 2 N–H and O–H groups in total. The molecule has 0 amide bonds. The van der Waals surface area contributed by atoms with Crippen molar-refractivity contribution in [3.8, 4) is 5.75 Å². The second-order valence-electron chi connectivity index (χ2n) is 5.07. The third-order valence-electron chi connectivity index (χ3n) is 3.26. The molecule has 0 bridgehead atoms. The van der Waals surface area contributed by atoms with Gasteiger partial charge in [0.1, 0.15) is 5.75 Å². The minimum atomic E-state index is 0.624. The standard InChI is InChI=1S/C18H21ClN2OS/c1-2-22-17-11-5-14(6-12-17)4-3-13-20-18(23)21-16-9-7-15(19)8-10-16/h5-12H,2-4,13H2,1H3,(H2,20,21,23). The van der Waals surface area contributed by atoms with Gasteiger partial charge in [0.2, 0.25) is 0 Å². The Morgan fingerprint density at radius 2 is 1.78 bits per heavy atom. The number of ether oxygens (including phenoxy) is 1. The highest BCUT2D eigenvalue weighted by Crippen LogP contribution is 2.14. The average molecular weight is 349 g/mol. The summed E-state index contributed by atoms with van der Waals surface area (Å²) in [5.41, 5.74) is 2.23. The van der Waals surface area contributed by atoms with E-state index in [2.05, 4.69) is 22.8 Å². The number of rotatable bonds is 7. The van der Waals surface area contributed by atoms with E-state index >= 15 is 0 Å². The fraction of sp³-hybridized carbons (Fsp3) is 0.278. The van der Waals surface area contributed by atoms with Gasteiger partial charge in [-0.25, -0.2) is 0 Å². The molecule has 0 aliphatic heterocycles. The van der Waals surface area contributed by atoms with E-state index in [9.17, 15) is 0 Å². The Morgan fingerprint density at radius 3 is 2.43 bits per heavy atom. The number of aryl methyl sites for hydroxylation is 1. The monoisotopic (exact) mass is 348 g/mol. The first kappa shape index (κ1) is 17.6. The third-order valence-corrected chi connectivity index (χ3v) is 3.76. The Morgan fingerprint density at radius 1 is 1.09 bits per heavy atom. The van der Waals surface area contributed by atoms with Gasteiger partial charge in [-0.2, -0.15) is 0 Å². The maximum atomic E-state index is 5.85. The molecule has 0 heterocycles. The lowest BCUT2D eigenvalue weighted by molar-refractivity contribution is 0.340. The van der Waals surface area contributed by atoms with Gasteiger partial charge in [-0.1, -0.05) is 23.7 Å². The molecule has 0 unspecified atom stereocenters. The molecule has 0 atom stereocenters. The van der Waals surface area contributed by atoms with Gasteiger partial charge in [0, 0.05) is 17.3 Å². The molecular weight excluding hydrogens is 328 g/mol. The first-order valence-corrected chi connectivity index (χ1v) is 8.48. The second-order valence-corrected chi connectivity index (χ2v) is 5.91. The SMILES string of the molecule is CCOc1ccc(CCCNC(=S)Nc2ccc(Cl)cc2)cc1. The molecule has 0 saturated heterocycles. The van der Waals surface area contributed by atoms with Gasteiger partial charge in [-0.15, -0.1) is 0 Å². The van der Waals surface area contributed by atoms with Crippen LogP contribution in [0.1, 0.15) is 18.9 Å². The van der Waals surface area contributed by atoms with Crippen LogP contribution in [0.3, 0.4) is 0 Å². The van der Waals surface area contributed by atoms with E-state index in [0.29, 0.717) is 16.7 Å². The van der Waals surface area contributed by atoms with E-state index in [1.807, 2.05) is 43.3 Å². The van der Waals surface area contributed by atoms with E-state index in [4.69, 9.17) is 28.6 Å². The Kier molecular flexibility index (Phi) is 7.17. The first-order valence-electron chi connectivity index (χ1n) is 7.69. The Hall–Kier alpha value is -1.78. The van der Waals surface area contributed by atoms with Crippen LogP contribution >= 0.6 is 23.8 Å². The predicted molar refractivity (Wildman–Crippen MR) is 102 cm³/mol. The summed E-state index contributed by atoms with van der Waals surface area (Å²) >= 11 is 11.1. The Labute approximate surface area is 148 Å². The molecule has 0 aliphatic rings. The molecular formula is C18H21ClN2OS. The van der Waals surface area contributed by atoms with Crippen molar-refractivity contribution in [3.63, 3.8) is 0 Å². The molecule has 0 aromatic heterocycles. The van der Waals surface area contributed by atoms with E-state index in [1.54, 1.807) is 0 Å². The lowest BCUT2D eigenvalue weighted by Gasteiger charge is -2.10. The quantitative estimate of drug-likeness (QED) is 0.563. The van der Waals surface area contributed by atoms with Crippen LogP contribution in [0.5, 0.6) is 5.75 Å². The van der Waals surface area contributed by atoms with Crippen LogP contribution < -0.4 is 15.4 Å². The highest BCUT2D eigenvalue weighted by Gasteiger charge is 1.99. The minimum absolute atomic E-state index is 0.624. The van der Waals surface area contributed by atoms with Crippen molar-refractivity contribution in [1.82, 2.24) is 5.32 Å².